The molecular weight excluding hydrogens is 413 g/mol. The monoisotopic (exact) mass is 438 g/mol. The largest absolute Gasteiger partial charge is 0.416 e. The molecule has 1 aromatic carbocycles. The molecule has 2 saturated heterocycles. The van der Waals surface area contributed by atoms with Crippen molar-refractivity contribution in [2.45, 2.75) is 56.7 Å². The third-order valence-electron chi connectivity index (χ3n) is 6.31. The summed E-state index contributed by atoms with van der Waals surface area (Å²) in [6, 6.07) is 2.81. The molecule has 10 heteroatoms. The Balaban J connectivity index is 1.45. The summed E-state index contributed by atoms with van der Waals surface area (Å²) in [5.41, 5.74) is -1.06. The topological polar surface area (TPSA) is 81.8 Å². The first-order chi connectivity index (χ1) is 14.7. The number of hydrogen-bond donors (Lipinski definition) is 2. The van der Waals surface area contributed by atoms with E-state index in [1.54, 1.807) is 0 Å². The van der Waals surface area contributed by atoms with Gasteiger partial charge in [0.25, 0.3) is 5.91 Å². The number of nitrogens with one attached hydrogen (secondary N) is 2. The summed E-state index contributed by atoms with van der Waals surface area (Å²) >= 11 is 0. The number of alkyl halides is 3. The van der Waals surface area contributed by atoms with E-state index in [4.69, 9.17) is 0 Å². The Kier molecular flexibility index (Phi) is 5.57. The lowest BCUT2D eigenvalue weighted by molar-refractivity contribution is -0.137. The summed E-state index contributed by atoms with van der Waals surface area (Å²) in [5, 5.41) is 5.31. The van der Waals surface area contributed by atoms with Gasteiger partial charge in [-0.15, -0.1) is 0 Å². The molecule has 1 saturated carbocycles. The number of halogens is 3. The van der Waals surface area contributed by atoms with E-state index >= 15 is 0 Å². The summed E-state index contributed by atoms with van der Waals surface area (Å²) in [5.74, 6) is -0.868. The fraction of sp³-hybridized carbons (Fsp3) is 0.571. The summed E-state index contributed by atoms with van der Waals surface area (Å²) in [6.45, 7) is 1.30. The molecular formula is C21H25F3N4O3. The maximum absolute atomic E-state index is 13.2. The number of anilines is 2. The fourth-order valence-electron chi connectivity index (χ4n) is 4.67. The van der Waals surface area contributed by atoms with Crippen molar-refractivity contribution >= 4 is 29.2 Å². The van der Waals surface area contributed by atoms with Crippen LogP contribution in [-0.4, -0.2) is 47.9 Å². The Morgan fingerprint density at radius 1 is 1.10 bits per heavy atom. The smallest absolute Gasteiger partial charge is 0.370 e. The lowest BCUT2D eigenvalue weighted by Crippen LogP contribution is -2.44. The molecule has 0 bridgehead atoms. The van der Waals surface area contributed by atoms with Crippen molar-refractivity contribution in [2.75, 3.05) is 29.9 Å². The van der Waals surface area contributed by atoms with Gasteiger partial charge < -0.3 is 15.5 Å². The SMILES string of the molecule is O=C(CCN1C(=O)NC2(CCCC2)C1=O)Nc1cc(C(F)(F)F)ccc1N1CCCC1. The molecule has 3 fully saturated rings. The molecule has 1 spiro atoms. The number of carbonyl (C=O) groups is 3. The van der Waals surface area contributed by atoms with Gasteiger partial charge >= 0.3 is 12.2 Å². The number of carbonyl (C=O) groups excluding carboxylic acids is 3. The molecule has 0 unspecified atom stereocenters. The van der Waals surface area contributed by atoms with Gasteiger partial charge in [-0.2, -0.15) is 13.2 Å². The van der Waals surface area contributed by atoms with E-state index in [0.717, 1.165) is 42.7 Å². The Hall–Kier alpha value is -2.78. The van der Waals surface area contributed by atoms with Crippen molar-refractivity contribution in [3.05, 3.63) is 23.8 Å². The molecule has 168 valence electrons. The zero-order valence-corrected chi connectivity index (χ0v) is 17.1. The number of urea groups is 1. The van der Waals surface area contributed by atoms with Crippen LogP contribution in [0.3, 0.4) is 0 Å². The van der Waals surface area contributed by atoms with Crippen LogP contribution in [0, 0.1) is 0 Å². The van der Waals surface area contributed by atoms with E-state index in [1.165, 1.54) is 6.07 Å². The first-order valence-electron chi connectivity index (χ1n) is 10.6. The molecule has 1 aromatic rings. The predicted molar refractivity (Wildman–Crippen MR) is 108 cm³/mol. The molecule has 0 atom stereocenters. The first-order valence-corrected chi connectivity index (χ1v) is 10.6. The molecule has 0 radical (unpaired) electrons. The maximum atomic E-state index is 13.2. The highest BCUT2D eigenvalue weighted by Gasteiger charge is 2.52. The van der Waals surface area contributed by atoms with Crippen molar-refractivity contribution in [1.29, 1.82) is 0 Å². The average molecular weight is 438 g/mol. The quantitative estimate of drug-likeness (QED) is 0.690. The van der Waals surface area contributed by atoms with Crippen LogP contribution >= 0.6 is 0 Å². The normalized spacial score (nSPS) is 20.6. The number of nitrogens with zero attached hydrogens (tertiary/aromatic N) is 2. The van der Waals surface area contributed by atoms with Gasteiger partial charge in [-0.1, -0.05) is 12.8 Å². The van der Waals surface area contributed by atoms with Crippen LogP contribution in [0.2, 0.25) is 0 Å². The van der Waals surface area contributed by atoms with E-state index in [-0.39, 0.29) is 24.6 Å². The predicted octanol–water partition coefficient (Wildman–Crippen LogP) is 3.50. The molecule has 2 heterocycles. The van der Waals surface area contributed by atoms with Gasteiger partial charge in [0, 0.05) is 26.1 Å². The van der Waals surface area contributed by atoms with Gasteiger partial charge in [-0.25, -0.2) is 4.79 Å². The second-order valence-electron chi connectivity index (χ2n) is 8.40. The van der Waals surface area contributed by atoms with E-state index in [1.807, 2.05) is 4.90 Å². The van der Waals surface area contributed by atoms with Gasteiger partial charge in [0.2, 0.25) is 5.91 Å². The minimum atomic E-state index is -4.53. The summed E-state index contributed by atoms with van der Waals surface area (Å²) in [4.78, 5) is 40.4. The number of amides is 4. The summed E-state index contributed by atoms with van der Waals surface area (Å²) < 4.78 is 39.5. The third kappa shape index (κ3) is 4.20. The Labute approximate surface area is 177 Å². The van der Waals surface area contributed by atoms with E-state index < -0.39 is 29.2 Å². The van der Waals surface area contributed by atoms with Crippen LogP contribution in [0.15, 0.2) is 18.2 Å². The van der Waals surface area contributed by atoms with Gasteiger partial charge in [-0.3, -0.25) is 14.5 Å². The Morgan fingerprint density at radius 3 is 2.42 bits per heavy atom. The molecule has 2 aliphatic heterocycles. The highest BCUT2D eigenvalue weighted by atomic mass is 19.4. The van der Waals surface area contributed by atoms with Gasteiger partial charge in [0.1, 0.15) is 5.54 Å². The zero-order valence-electron chi connectivity index (χ0n) is 17.1. The highest BCUT2D eigenvalue weighted by Crippen LogP contribution is 2.37. The summed E-state index contributed by atoms with van der Waals surface area (Å²) in [7, 11) is 0. The van der Waals surface area contributed by atoms with E-state index in [2.05, 4.69) is 10.6 Å². The van der Waals surface area contributed by atoms with Crippen molar-refractivity contribution in [3.63, 3.8) is 0 Å². The van der Waals surface area contributed by atoms with Crippen LogP contribution in [-0.2, 0) is 15.8 Å². The minimum absolute atomic E-state index is 0.0891. The van der Waals surface area contributed by atoms with Crippen LogP contribution in [0.1, 0.15) is 50.5 Å². The summed E-state index contributed by atoms with van der Waals surface area (Å²) in [6.07, 6.45) is 0.0338. The average Bonchev–Trinajstić information content (AvgIpc) is 3.43. The number of benzene rings is 1. The van der Waals surface area contributed by atoms with Gasteiger partial charge in [-0.05, 0) is 43.9 Å². The first kappa shape index (κ1) is 21.5. The number of hydrogen-bond acceptors (Lipinski definition) is 4. The van der Waals surface area contributed by atoms with Crippen LogP contribution in [0.5, 0.6) is 0 Å². The Morgan fingerprint density at radius 2 is 1.77 bits per heavy atom. The lowest BCUT2D eigenvalue weighted by atomic mass is 9.98. The van der Waals surface area contributed by atoms with Crippen molar-refractivity contribution in [1.82, 2.24) is 10.2 Å². The molecule has 7 nitrogen and oxygen atoms in total. The second kappa shape index (κ2) is 8.05. The molecule has 3 aliphatic rings. The van der Waals surface area contributed by atoms with E-state index in [0.29, 0.717) is 31.6 Å². The number of imide groups is 1. The van der Waals surface area contributed by atoms with Gasteiger partial charge in [0.05, 0.1) is 16.9 Å². The molecule has 4 amide bonds. The van der Waals surface area contributed by atoms with Crippen LogP contribution < -0.4 is 15.5 Å². The molecule has 2 N–H and O–H groups in total. The fourth-order valence-corrected chi connectivity index (χ4v) is 4.67. The second-order valence-corrected chi connectivity index (χ2v) is 8.40. The minimum Gasteiger partial charge on any atom is -0.370 e. The van der Waals surface area contributed by atoms with Gasteiger partial charge in [0.15, 0.2) is 0 Å². The molecule has 31 heavy (non-hydrogen) atoms. The maximum Gasteiger partial charge on any atom is 0.416 e. The highest BCUT2D eigenvalue weighted by molar-refractivity contribution is 6.07. The zero-order chi connectivity index (χ0) is 22.2. The third-order valence-corrected chi connectivity index (χ3v) is 6.31. The van der Waals surface area contributed by atoms with Crippen LogP contribution in [0.25, 0.3) is 0 Å². The lowest BCUT2D eigenvalue weighted by Gasteiger charge is -2.23. The Bertz CT molecular complexity index is 890. The van der Waals surface area contributed by atoms with Crippen molar-refractivity contribution in [3.8, 4) is 0 Å². The molecule has 1 aliphatic carbocycles. The van der Waals surface area contributed by atoms with Crippen molar-refractivity contribution in [2.24, 2.45) is 0 Å². The van der Waals surface area contributed by atoms with Crippen LogP contribution in [0.4, 0.5) is 29.3 Å². The van der Waals surface area contributed by atoms with E-state index in [9.17, 15) is 27.6 Å². The molecule has 0 aromatic heterocycles. The standard InChI is InChI=1S/C21H25F3N4O3/c22-21(23,24)14-5-6-16(27-10-3-4-11-27)15(13-14)25-17(29)7-12-28-18(30)20(26-19(28)31)8-1-2-9-20/h5-6,13H,1-4,7-12H2,(H,25,29)(H,26,31). The molecule has 4 rings (SSSR count). The number of rotatable bonds is 5. The van der Waals surface area contributed by atoms with Crippen molar-refractivity contribution < 1.29 is 27.6 Å².